The summed E-state index contributed by atoms with van der Waals surface area (Å²) in [5, 5.41) is 0.0101. The number of hydrogen-bond acceptors (Lipinski definition) is 0. The summed E-state index contributed by atoms with van der Waals surface area (Å²) in [4.78, 5) is 0. The van der Waals surface area contributed by atoms with Crippen molar-refractivity contribution in [1.29, 1.82) is 0 Å². The van der Waals surface area contributed by atoms with Gasteiger partial charge in [-0.3, -0.25) is 0 Å². The average Bonchev–Trinajstić information content (AvgIpc) is 2.78. The molecule has 0 nitrogen and oxygen atoms in total. The molecular formula is C25H20BrF2P. The number of benzene rings is 4. The van der Waals surface area contributed by atoms with Gasteiger partial charge < -0.3 is 0 Å². The first-order valence-corrected chi connectivity index (χ1v) is 13.8. The molecule has 0 amide bonds. The van der Waals surface area contributed by atoms with Gasteiger partial charge >= 0.3 is 178 Å². The fraction of sp³-hybridized carbons (Fsp3) is 0.0400. The van der Waals surface area contributed by atoms with E-state index in [1.54, 1.807) is 6.07 Å². The van der Waals surface area contributed by atoms with Crippen LogP contribution in [-0.4, -0.2) is 0 Å². The first-order chi connectivity index (χ1) is 14.0. The Kier molecular flexibility index (Phi) is 5.38. The quantitative estimate of drug-likeness (QED) is 0.301. The summed E-state index contributed by atoms with van der Waals surface area (Å²) in [5.74, 6) is -1.10. The molecule has 29 heavy (non-hydrogen) atoms. The molecule has 0 saturated carbocycles. The normalized spacial score (nSPS) is 12.9. The van der Waals surface area contributed by atoms with Crippen LogP contribution in [0.4, 0.5) is 8.78 Å². The monoisotopic (exact) mass is 468 g/mol. The van der Waals surface area contributed by atoms with E-state index in [0.29, 0.717) is 11.7 Å². The summed E-state index contributed by atoms with van der Waals surface area (Å²) >= 11 is 4.28. The van der Waals surface area contributed by atoms with Gasteiger partial charge in [-0.2, -0.15) is 0 Å². The van der Waals surface area contributed by atoms with Gasteiger partial charge in [-0.25, -0.2) is 0 Å². The second-order valence-electron chi connectivity index (χ2n) is 7.08. The summed E-state index contributed by atoms with van der Waals surface area (Å²) in [7, 11) is 0. The van der Waals surface area contributed by atoms with E-state index in [9.17, 15) is 8.78 Å². The molecule has 0 aliphatic rings. The second-order valence-corrected chi connectivity index (χ2v) is 16.0. The Labute approximate surface area is 177 Å². The van der Waals surface area contributed by atoms with Gasteiger partial charge in [0.15, 0.2) is 0 Å². The number of hydrogen-bond donors (Lipinski definition) is 0. The predicted molar refractivity (Wildman–Crippen MR) is 124 cm³/mol. The third-order valence-corrected chi connectivity index (χ3v) is 14.9. The average molecular weight is 469 g/mol. The summed E-state index contributed by atoms with van der Waals surface area (Å²) in [6, 6.07) is 34.4. The Bertz CT molecular complexity index is 1020. The van der Waals surface area contributed by atoms with Crippen LogP contribution in [0.25, 0.3) is 0 Å². The van der Waals surface area contributed by atoms with Crippen molar-refractivity contribution >= 4 is 36.7 Å². The molecule has 0 unspecified atom stereocenters. The zero-order valence-corrected chi connectivity index (χ0v) is 18.2. The molecule has 0 spiro atoms. The van der Waals surface area contributed by atoms with Gasteiger partial charge in [0.25, 0.3) is 0 Å². The molecule has 0 aromatic heterocycles. The van der Waals surface area contributed by atoms with Crippen LogP contribution in [0, 0.1) is 11.6 Å². The maximum atomic E-state index is 14.9. The molecule has 4 aromatic carbocycles. The molecule has 0 saturated heterocycles. The van der Waals surface area contributed by atoms with Crippen molar-refractivity contribution in [3.8, 4) is 0 Å². The van der Waals surface area contributed by atoms with Crippen LogP contribution in [0.15, 0.2) is 109 Å². The zero-order valence-electron chi connectivity index (χ0n) is 15.7. The Morgan fingerprint density at radius 1 is 0.586 bits per heavy atom. The van der Waals surface area contributed by atoms with E-state index in [2.05, 4.69) is 51.9 Å². The van der Waals surface area contributed by atoms with Gasteiger partial charge in [0.1, 0.15) is 0 Å². The molecule has 4 rings (SSSR count). The number of rotatable bonds is 5. The predicted octanol–water partition coefficient (Wildman–Crippen LogP) is 6.30. The van der Waals surface area contributed by atoms with Crippen LogP contribution in [0.5, 0.6) is 0 Å². The minimum atomic E-state index is -3.28. The van der Waals surface area contributed by atoms with E-state index in [1.807, 2.05) is 54.6 Å². The van der Waals surface area contributed by atoms with Crippen molar-refractivity contribution in [2.75, 3.05) is 0 Å². The number of halogens is 3. The van der Waals surface area contributed by atoms with Crippen molar-refractivity contribution in [2.24, 2.45) is 0 Å². The van der Waals surface area contributed by atoms with Crippen LogP contribution >= 0.6 is 20.8 Å². The molecular weight excluding hydrogens is 449 g/mol. The molecule has 0 aliphatic carbocycles. The fourth-order valence-corrected chi connectivity index (χ4v) is 11.6. The fourth-order valence-electron chi connectivity index (χ4n) is 3.91. The third-order valence-electron chi connectivity index (χ3n) is 5.37. The van der Waals surface area contributed by atoms with Crippen molar-refractivity contribution in [3.05, 3.63) is 126 Å². The zero-order chi connectivity index (χ0) is 20.3. The SMILES string of the molecule is Fc1ccc(CP(Br)(c2ccccc2)(c2ccccc2)c2ccccc2)c(F)c1. The van der Waals surface area contributed by atoms with E-state index < -0.39 is 16.9 Å². The molecule has 146 valence electrons. The Morgan fingerprint density at radius 2 is 1.00 bits per heavy atom. The van der Waals surface area contributed by atoms with Gasteiger partial charge in [0, 0.05) is 0 Å². The van der Waals surface area contributed by atoms with Gasteiger partial charge in [0.2, 0.25) is 0 Å². The second kappa shape index (κ2) is 7.82. The summed E-state index contributed by atoms with van der Waals surface area (Å²) < 4.78 is 28.5. The molecule has 4 aromatic rings. The standard InChI is InChI=1S/C25H20BrF2P/c26-29(22-10-4-1-5-11-22,23-12-6-2-7-13-23,24-14-8-3-9-15-24)19-20-16-17-21(27)18-25(20)28/h1-18H,19H2. The molecule has 0 heterocycles. The van der Waals surface area contributed by atoms with E-state index in [-0.39, 0.29) is 0 Å². The van der Waals surface area contributed by atoms with Gasteiger partial charge in [-0.1, -0.05) is 0 Å². The van der Waals surface area contributed by atoms with Gasteiger partial charge in [-0.05, 0) is 0 Å². The Morgan fingerprint density at radius 3 is 1.38 bits per heavy atom. The van der Waals surface area contributed by atoms with Crippen molar-refractivity contribution in [2.45, 2.75) is 6.16 Å². The first-order valence-electron chi connectivity index (χ1n) is 9.36. The van der Waals surface area contributed by atoms with E-state index in [1.165, 1.54) is 6.07 Å². The maximum absolute atomic E-state index is 14.9. The molecule has 0 radical (unpaired) electrons. The third kappa shape index (κ3) is 3.43. The van der Waals surface area contributed by atoms with Crippen LogP contribution < -0.4 is 15.9 Å². The van der Waals surface area contributed by atoms with E-state index in [4.69, 9.17) is 0 Å². The molecule has 0 fully saturated rings. The molecule has 4 heteroatoms. The summed E-state index contributed by atoms with van der Waals surface area (Å²) in [6.45, 7) is 0. The Hall–Kier alpha value is -2.35. The molecule has 0 aliphatic heterocycles. The van der Waals surface area contributed by atoms with Crippen LogP contribution in [0.2, 0.25) is 0 Å². The molecule has 0 atom stereocenters. The molecule has 0 bridgehead atoms. The minimum absolute atomic E-state index is 0.399. The molecule has 0 N–H and O–H groups in total. The van der Waals surface area contributed by atoms with E-state index in [0.717, 1.165) is 22.0 Å². The van der Waals surface area contributed by atoms with Crippen LogP contribution in [-0.2, 0) is 6.16 Å². The van der Waals surface area contributed by atoms with Crippen LogP contribution in [0.1, 0.15) is 5.56 Å². The topological polar surface area (TPSA) is 0 Å². The van der Waals surface area contributed by atoms with Crippen molar-refractivity contribution in [3.63, 3.8) is 0 Å². The van der Waals surface area contributed by atoms with Gasteiger partial charge in [0.05, 0.1) is 0 Å². The van der Waals surface area contributed by atoms with Crippen LogP contribution in [0.3, 0.4) is 0 Å². The van der Waals surface area contributed by atoms with Crippen molar-refractivity contribution in [1.82, 2.24) is 0 Å². The van der Waals surface area contributed by atoms with Gasteiger partial charge in [-0.15, -0.1) is 0 Å². The summed E-state index contributed by atoms with van der Waals surface area (Å²) in [6.07, 6.45) is 0.399. The Balaban J connectivity index is 2.09. The van der Waals surface area contributed by atoms with E-state index >= 15 is 0 Å². The van der Waals surface area contributed by atoms with Crippen molar-refractivity contribution < 1.29 is 8.78 Å². The first kappa shape index (κ1) is 19.9. The summed E-state index contributed by atoms with van der Waals surface area (Å²) in [5.41, 5.74) is 0.484.